The van der Waals surface area contributed by atoms with Crippen molar-refractivity contribution < 1.29 is 14.4 Å². The lowest BCUT2D eigenvalue weighted by Crippen LogP contribution is -2.62. The van der Waals surface area contributed by atoms with Crippen molar-refractivity contribution in [1.29, 1.82) is 0 Å². The molecule has 74 valence electrons. The molecule has 1 fully saturated rings. The van der Waals surface area contributed by atoms with Gasteiger partial charge in [-0.3, -0.25) is 20.2 Å². The van der Waals surface area contributed by atoms with Crippen LogP contribution in [0, 0.1) is 5.41 Å². The van der Waals surface area contributed by atoms with Gasteiger partial charge in [0.15, 0.2) is 0 Å². The quantitative estimate of drug-likeness (QED) is 0.423. The minimum atomic E-state index is -1.05. The summed E-state index contributed by atoms with van der Waals surface area (Å²) in [6.45, 7) is 0. The van der Waals surface area contributed by atoms with Crippen LogP contribution in [-0.2, 0) is 9.59 Å². The van der Waals surface area contributed by atoms with E-state index in [9.17, 15) is 14.4 Å². The highest BCUT2D eigenvalue weighted by molar-refractivity contribution is 6.19. The summed E-state index contributed by atoms with van der Waals surface area (Å²) in [5, 5.41) is 4.25. The average Bonchev–Trinajstić information content (AvgIpc) is 2.16. The molecule has 5 nitrogen and oxygen atoms in total. The molecule has 0 radical (unpaired) electrons. The number of imide groups is 2. The zero-order chi connectivity index (χ0) is 10.2. The van der Waals surface area contributed by atoms with E-state index in [-0.39, 0.29) is 0 Å². The van der Waals surface area contributed by atoms with Gasteiger partial charge in [0.05, 0.1) is 0 Å². The number of amides is 4. The van der Waals surface area contributed by atoms with Gasteiger partial charge in [0.2, 0.25) is 11.8 Å². The summed E-state index contributed by atoms with van der Waals surface area (Å²) in [5.41, 5.74) is -1.05. The van der Waals surface area contributed by atoms with E-state index in [0.29, 0.717) is 19.3 Å². The topological polar surface area (TPSA) is 75.3 Å². The van der Waals surface area contributed by atoms with Crippen LogP contribution in [0.4, 0.5) is 4.79 Å². The summed E-state index contributed by atoms with van der Waals surface area (Å²) < 4.78 is 0. The second kappa shape index (κ2) is 2.94. The van der Waals surface area contributed by atoms with Crippen molar-refractivity contribution in [3.8, 4) is 0 Å². The summed E-state index contributed by atoms with van der Waals surface area (Å²) in [6, 6.07) is -0.722. The third-order valence-corrected chi connectivity index (χ3v) is 2.69. The lowest BCUT2D eigenvalue weighted by Gasteiger charge is -2.34. The minimum absolute atomic E-state index is 0.373. The van der Waals surface area contributed by atoms with E-state index in [1.165, 1.54) is 0 Å². The lowest BCUT2D eigenvalue weighted by atomic mass is 9.74. The monoisotopic (exact) mass is 194 g/mol. The molecule has 5 heteroatoms. The maximum atomic E-state index is 11.6. The number of rotatable bonds is 0. The van der Waals surface area contributed by atoms with Crippen LogP contribution in [0.3, 0.4) is 0 Å². The van der Waals surface area contributed by atoms with Crippen LogP contribution < -0.4 is 10.6 Å². The molecule has 0 unspecified atom stereocenters. The number of hydrogen-bond acceptors (Lipinski definition) is 3. The standard InChI is InChI=1S/C9H10N2O3/c12-6-9(4-2-1-3-5-9)7(13)11-8(14)10-6/h1-2H,3-5H2,(H2,10,11,12,13,14). The summed E-state index contributed by atoms with van der Waals surface area (Å²) in [6.07, 6.45) is 5.27. The highest BCUT2D eigenvalue weighted by Crippen LogP contribution is 2.34. The van der Waals surface area contributed by atoms with E-state index in [0.717, 1.165) is 0 Å². The van der Waals surface area contributed by atoms with Crippen LogP contribution in [0.25, 0.3) is 0 Å². The van der Waals surface area contributed by atoms with Gasteiger partial charge in [0, 0.05) is 0 Å². The highest BCUT2D eigenvalue weighted by Gasteiger charge is 2.49. The number of hydrogen-bond donors (Lipinski definition) is 2. The Morgan fingerprint density at radius 1 is 1.07 bits per heavy atom. The molecule has 0 saturated carbocycles. The zero-order valence-corrected chi connectivity index (χ0v) is 7.50. The molecule has 1 saturated heterocycles. The fraction of sp³-hybridized carbons (Fsp3) is 0.444. The van der Waals surface area contributed by atoms with Gasteiger partial charge in [-0.15, -0.1) is 0 Å². The third-order valence-electron chi connectivity index (χ3n) is 2.69. The smallest absolute Gasteiger partial charge is 0.277 e. The van der Waals surface area contributed by atoms with Gasteiger partial charge < -0.3 is 0 Å². The Balaban J connectivity index is 2.32. The van der Waals surface area contributed by atoms with Crippen molar-refractivity contribution in [2.24, 2.45) is 5.41 Å². The Labute approximate surface area is 80.5 Å². The number of nitrogens with one attached hydrogen (secondary N) is 2. The van der Waals surface area contributed by atoms with Crippen LogP contribution in [0.5, 0.6) is 0 Å². The molecular weight excluding hydrogens is 184 g/mol. The van der Waals surface area contributed by atoms with Crippen LogP contribution in [-0.4, -0.2) is 17.8 Å². The van der Waals surface area contributed by atoms with Crippen molar-refractivity contribution >= 4 is 17.8 Å². The molecule has 2 N–H and O–H groups in total. The van der Waals surface area contributed by atoms with Crippen molar-refractivity contribution in [2.75, 3.05) is 0 Å². The molecule has 0 aromatic rings. The molecule has 0 atom stereocenters. The first-order valence-electron chi connectivity index (χ1n) is 4.47. The second-order valence-corrected chi connectivity index (χ2v) is 3.53. The van der Waals surface area contributed by atoms with Gasteiger partial charge in [-0.2, -0.15) is 0 Å². The Hall–Kier alpha value is -1.65. The Morgan fingerprint density at radius 3 is 2.21 bits per heavy atom. The molecule has 0 aromatic carbocycles. The predicted molar refractivity (Wildman–Crippen MR) is 47.1 cm³/mol. The van der Waals surface area contributed by atoms with Gasteiger partial charge in [-0.25, -0.2) is 4.79 Å². The van der Waals surface area contributed by atoms with Crippen molar-refractivity contribution in [2.45, 2.75) is 19.3 Å². The molecule has 1 aliphatic heterocycles. The average molecular weight is 194 g/mol. The Bertz CT molecular complexity index is 326. The summed E-state index contributed by atoms with van der Waals surface area (Å²) in [7, 11) is 0. The Morgan fingerprint density at radius 2 is 1.71 bits per heavy atom. The van der Waals surface area contributed by atoms with Crippen molar-refractivity contribution in [3.05, 3.63) is 12.2 Å². The number of barbiturate groups is 1. The van der Waals surface area contributed by atoms with E-state index >= 15 is 0 Å². The molecule has 4 amide bonds. The summed E-state index contributed by atoms with van der Waals surface area (Å²) in [5.74, 6) is -0.953. The first-order chi connectivity index (χ1) is 6.65. The van der Waals surface area contributed by atoms with E-state index in [4.69, 9.17) is 0 Å². The van der Waals surface area contributed by atoms with Gasteiger partial charge >= 0.3 is 6.03 Å². The van der Waals surface area contributed by atoms with Crippen LogP contribution in [0.15, 0.2) is 12.2 Å². The molecule has 1 spiro atoms. The molecule has 2 aliphatic rings. The SMILES string of the molecule is O=C1NC(=O)C2(CC=CCC2)C(=O)N1. The lowest BCUT2D eigenvalue weighted by molar-refractivity contribution is -0.144. The van der Waals surface area contributed by atoms with Crippen LogP contribution >= 0.6 is 0 Å². The molecule has 14 heavy (non-hydrogen) atoms. The second-order valence-electron chi connectivity index (χ2n) is 3.53. The molecule has 0 bridgehead atoms. The van der Waals surface area contributed by atoms with E-state index < -0.39 is 23.3 Å². The van der Waals surface area contributed by atoms with E-state index in [1.807, 2.05) is 6.08 Å². The van der Waals surface area contributed by atoms with Gasteiger partial charge in [0.25, 0.3) is 0 Å². The van der Waals surface area contributed by atoms with Crippen molar-refractivity contribution in [1.82, 2.24) is 10.6 Å². The van der Waals surface area contributed by atoms with E-state index in [1.54, 1.807) is 6.08 Å². The Kier molecular flexibility index (Phi) is 1.87. The maximum Gasteiger partial charge on any atom is 0.328 e. The molecule has 2 rings (SSSR count). The molecule has 1 aliphatic carbocycles. The molecule has 0 aromatic heterocycles. The summed E-state index contributed by atoms with van der Waals surface area (Å²) >= 11 is 0. The minimum Gasteiger partial charge on any atom is -0.277 e. The fourth-order valence-corrected chi connectivity index (χ4v) is 1.83. The number of carbonyl (C=O) groups is 3. The van der Waals surface area contributed by atoms with Gasteiger partial charge in [-0.1, -0.05) is 12.2 Å². The van der Waals surface area contributed by atoms with Gasteiger partial charge in [-0.05, 0) is 19.3 Å². The number of urea groups is 1. The van der Waals surface area contributed by atoms with E-state index in [2.05, 4.69) is 10.6 Å². The predicted octanol–water partition coefficient (Wildman–Crippen LogP) is 0.0789. The molecular formula is C9H10N2O3. The fourth-order valence-electron chi connectivity index (χ4n) is 1.83. The number of allylic oxidation sites excluding steroid dienone is 2. The zero-order valence-electron chi connectivity index (χ0n) is 7.50. The first kappa shape index (κ1) is 8.93. The first-order valence-corrected chi connectivity index (χ1v) is 4.47. The van der Waals surface area contributed by atoms with Crippen LogP contribution in [0.2, 0.25) is 0 Å². The summed E-state index contributed by atoms with van der Waals surface area (Å²) in [4.78, 5) is 34.0. The van der Waals surface area contributed by atoms with Crippen molar-refractivity contribution in [3.63, 3.8) is 0 Å². The third kappa shape index (κ3) is 1.13. The normalized spacial score (nSPS) is 24.7. The maximum absolute atomic E-state index is 11.6. The number of carbonyl (C=O) groups excluding carboxylic acids is 3. The molecule has 1 heterocycles. The largest absolute Gasteiger partial charge is 0.328 e. The highest BCUT2D eigenvalue weighted by atomic mass is 16.2. The van der Waals surface area contributed by atoms with Crippen LogP contribution in [0.1, 0.15) is 19.3 Å². The van der Waals surface area contributed by atoms with Gasteiger partial charge in [0.1, 0.15) is 5.41 Å².